The Morgan fingerprint density at radius 1 is 1.41 bits per heavy atom. The lowest BCUT2D eigenvalue weighted by atomic mass is 9.82. The number of hydrogen-bond acceptors (Lipinski definition) is 4. The summed E-state index contributed by atoms with van der Waals surface area (Å²) in [6, 6.07) is 3.77. The lowest BCUT2D eigenvalue weighted by Crippen LogP contribution is -2.54. The van der Waals surface area contributed by atoms with Crippen LogP contribution in [0.25, 0.3) is 0 Å². The van der Waals surface area contributed by atoms with Crippen LogP contribution in [0, 0.1) is 6.92 Å². The van der Waals surface area contributed by atoms with Gasteiger partial charge in [-0.25, -0.2) is 0 Å². The number of hydrogen-bond donors (Lipinski definition) is 1. The summed E-state index contributed by atoms with van der Waals surface area (Å²) in [6.07, 6.45) is 6.24. The minimum atomic E-state index is 0.403. The summed E-state index contributed by atoms with van der Waals surface area (Å²) in [5.74, 6) is 0.902. The van der Waals surface area contributed by atoms with E-state index in [2.05, 4.69) is 10.1 Å². The fourth-order valence-electron chi connectivity index (χ4n) is 3.46. The van der Waals surface area contributed by atoms with E-state index in [1.54, 1.807) is 0 Å². The second-order valence-electron chi connectivity index (χ2n) is 5.57. The van der Waals surface area contributed by atoms with E-state index in [0.717, 1.165) is 30.8 Å². The van der Waals surface area contributed by atoms with Gasteiger partial charge in [0.15, 0.2) is 0 Å². The Morgan fingerprint density at radius 2 is 2.12 bits per heavy atom. The first-order valence-corrected chi connectivity index (χ1v) is 6.66. The van der Waals surface area contributed by atoms with E-state index in [0.29, 0.717) is 18.1 Å². The summed E-state index contributed by atoms with van der Waals surface area (Å²) in [6.45, 7) is 2.88. The first-order chi connectivity index (χ1) is 8.22. The summed E-state index contributed by atoms with van der Waals surface area (Å²) < 4.78 is 5.15. The molecule has 4 heteroatoms. The van der Waals surface area contributed by atoms with Crippen molar-refractivity contribution in [1.82, 2.24) is 10.1 Å². The molecule has 3 rings (SSSR count). The molecule has 2 aliphatic heterocycles. The Kier molecular flexibility index (Phi) is 2.92. The van der Waals surface area contributed by atoms with E-state index in [1.807, 2.05) is 13.0 Å². The Bertz CT molecular complexity index is 376. The van der Waals surface area contributed by atoms with Crippen LogP contribution in [0.3, 0.4) is 0 Å². The molecular formula is C13H21N3O. The molecule has 4 nitrogen and oxygen atoms in total. The van der Waals surface area contributed by atoms with Crippen molar-refractivity contribution in [3.8, 4) is 0 Å². The molecular weight excluding hydrogens is 214 g/mol. The third-order valence-corrected chi connectivity index (χ3v) is 4.18. The lowest BCUT2D eigenvalue weighted by molar-refractivity contribution is 0.0228. The highest BCUT2D eigenvalue weighted by atomic mass is 16.5. The van der Waals surface area contributed by atoms with Crippen LogP contribution in [0.15, 0.2) is 10.6 Å². The van der Waals surface area contributed by atoms with Crippen LogP contribution in [0.1, 0.15) is 43.6 Å². The Labute approximate surface area is 102 Å². The predicted octanol–water partition coefficient (Wildman–Crippen LogP) is 1.83. The average Bonchev–Trinajstić information content (AvgIpc) is 2.65. The quantitative estimate of drug-likeness (QED) is 0.849. The zero-order valence-electron chi connectivity index (χ0n) is 10.4. The maximum atomic E-state index is 6.12. The number of nitrogens with two attached hydrogens (primary N) is 1. The third-order valence-electron chi connectivity index (χ3n) is 4.18. The van der Waals surface area contributed by atoms with E-state index >= 15 is 0 Å². The summed E-state index contributed by atoms with van der Waals surface area (Å²) in [7, 11) is 0. The summed E-state index contributed by atoms with van der Waals surface area (Å²) >= 11 is 0. The molecule has 2 bridgehead atoms. The van der Waals surface area contributed by atoms with Gasteiger partial charge >= 0.3 is 0 Å². The molecule has 0 radical (unpaired) electrons. The van der Waals surface area contributed by atoms with Crippen LogP contribution in [-0.4, -0.2) is 28.2 Å². The maximum Gasteiger partial charge on any atom is 0.133 e. The number of rotatable bonds is 2. The zero-order chi connectivity index (χ0) is 11.8. The fraction of sp³-hybridized carbons (Fsp3) is 0.769. The van der Waals surface area contributed by atoms with Gasteiger partial charge in [0.25, 0.3) is 0 Å². The summed E-state index contributed by atoms with van der Waals surface area (Å²) in [5.41, 5.74) is 7.19. The van der Waals surface area contributed by atoms with Gasteiger partial charge in [0, 0.05) is 30.7 Å². The number of nitrogens with zero attached hydrogens (tertiary/aromatic N) is 2. The molecule has 2 unspecified atom stereocenters. The summed E-state index contributed by atoms with van der Waals surface area (Å²) in [4.78, 5) is 2.60. The summed E-state index contributed by atoms with van der Waals surface area (Å²) in [5, 5.41) is 4.11. The molecule has 0 aliphatic carbocycles. The Morgan fingerprint density at radius 3 is 2.71 bits per heavy atom. The molecule has 1 aromatic rings. The Balaban J connectivity index is 1.73. The minimum Gasteiger partial charge on any atom is -0.361 e. The van der Waals surface area contributed by atoms with Gasteiger partial charge in [-0.05, 0) is 32.6 Å². The van der Waals surface area contributed by atoms with Crippen molar-refractivity contribution in [3.63, 3.8) is 0 Å². The number of aryl methyl sites for hydroxylation is 1. The van der Waals surface area contributed by atoms with Gasteiger partial charge in [-0.15, -0.1) is 0 Å². The van der Waals surface area contributed by atoms with E-state index in [1.165, 1.54) is 19.3 Å². The molecule has 2 fully saturated rings. The van der Waals surface area contributed by atoms with Crippen molar-refractivity contribution in [2.75, 3.05) is 0 Å². The van der Waals surface area contributed by atoms with Crippen LogP contribution in [-0.2, 0) is 6.54 Å². The molecule has 3 heterocycles. The van der Waals surface area contributed by atoms with Crippen LogP contribution in [0.5, 0.6) is 0 Å². The largest absolute Gasteiger partial charge is 0.361 e. The molecule has 0 aromatic carbocycles. The van der Waals surface area contributed by atoms with E-state index in [-0.39, 0.29) is 0 Å². The van der Waals surface area contributed by atoms with Crippen molar-refractivity contribution < 1.29 is 4.52 Å². The molecule has 0 saturated carbocycles. The zero-order valence-corrected chi connectivity index (χ0v) is 10.4. The standard InChI is InChI=1S/C13H21N3O/c1-9-5-11(15-17-9)8-16-12-3-2-4-13(16)7-10(14)6-12/h5,10,12-13H,2-4,6-8,14H2,1H3. The minimum absolute atomic E-state index is 0.403. The number of aromatic nitrogens is 1. The average molecular weight is 235 g/mol. The molecule has 2 saturated heterocycles. The first-order valence-electron chi connectivity index (χ1n) is 6.66. The normalized spacial score (nSPS) is 33.9. The molecule has 94 valence electrons. The number of fused-ring (bicyclic) bond motifs is 2. The molecule has 2 atom stereocenters. The van der Waals surface area contributed by atoms with Crippen LogP contribution in [0.4, 0.5) is 0 Å². The van der Waals surface area contributed by atoms with Gasteiger partial charge in [0.05, 0.1) is 5.69 Å². The van der Waals surface area contributed by atoms with Crippen molar-refractivity contribution in [2.45, 2.75) is 63.7 Å². The van der Waals surface area contributed by atoms with Gasteiger partial charge in [-0.1, -0.05) is 11.6 Å². The Hall–Kier alpha value is -0.870. The van der Waals surface area contributed by atoms with Crippen LogP contribution >= 0.6 is 0 Å². The van der Waals surface area contributed by atoms with E-state index < -0.39 is 0 Å². The van der Waals surface area contributed by atoms with Crippen molar-refractivity contribution in [2.24, 2.45) is 5.73 Å². The van der Waals surface area contributed by atoms with Gasteiger partial charge in [-0.2, -0.15) is 0 Å². The van der Waals surface area contributed by atoms with Crippen molar-refractivity contribution in [3.05, 3.63) is 17.5 Å². The van der Waals surface area contributed by atoms with Gasteiger partial charge in [-0.3, -0.25) is 4.90 Å². The molecule has 17 heavy (non-hydrogen) atoms. The first kappa shape index (κ1) is 11.2. The SMILES string of the molecule is Cc1cc(CN2C3CCCC2CC(N)C3)no1. The molecule has 2 N–H and O–H groups in total. The second-order valence-corrected chi connectivity index (χ2v) is 5.57. The smallest absolute Gasteiger partial charge is 0.133 e. The maximum absolute atomic E-state index is 6.12. The highest BCUT2D eigenvalue weighted by Crippen LogP contribution is 2.34. The number of piperidine rings is 2. The monoisotopic (exact) mass is 235 g/mol. The van der Waals surface area contributed by atoms with Crippen molar-refractivity contribution >= 4 is 0 Å². The van der Waals surface area contributed by atoms with E-state index in [9.17, 15) is 0 Å². The van der Waals surface area contributed by atoms with Gasteiger partial charge in [0.1, 0.15) is 5.76 Å². The van der Waals surface area contributed by atoms with Crippen LogP contribution in [0.2, 0.25) is 0 Å². The predicted molar refractivity (Wildman–Crippen MR) is 65.4 cm³/mol. The van der Waals surface area contributed by atoms with Gasteiger partial charge < -0.3 is 10.3 Å². The second kappa shape index (κ2) is 4.42. The van der Waals surface area contributed by atoms with Crippen molar-refractivity contribution in [1.29, 1.82) is 0 Å². The lowest BCUT2D eigenvalue weighted by Gasteiger charge is -2.47. The van der Waals surface area contributed by atoms with E-state index in [4.69, 9.17) is 10.3 Å². The third kappa shape index (κ3) is 2.24. The highest BCUT2D eigenvalue weighted by Gasteiger charge is 2.37. The molecule has 1 aromatic heterocycles. The fourth-order valence-corrected chi connectivity index (χ4v) is 3.46. The van der Waals surface area contributed by atoms with Crippen LogP contribution < -0.4 is 5.73 Å². The van der Waals surface area contributed by atoms with Gasteiger partial charge in [0.2, 0.25) is 0 Å². The highest BCUT2D eigenvalue weighted by molar-refractivity contribution is 5.05. The molecule has 0 spiro atoms. The molecule has 0 amide bonds. The topological polar surface area (TPSA) is 55.3 Å². The molecule has 2 aliphatic rings.